The zero-order valence-electron chi connectivity index (χ0n) is 17.1. The number of hydrogen-bond donors (Lipinski definition) is 0. The highest BCUT2D eigenvalue weighted by atomic mass is 28.3. The highest BCUT2D eigenvalue weighted by Crippen LogP contribution is 2.16. The molecule has 0 fully saturated rings. The molecule has 1 aromatic heterocycles. The Balaban J connectivity index is 1.78. The Morgan fingerprint density at radius 2 is 0.903 bits per heavy atom. The van der Waals surface area contributed by atoms with E-state index < -0.39 is 8.07 Å². The van der Waals surface area contributed by atoms with Crippen LogP contribution < -0.4 is 20.7 Å². The van der Waals surface area contributed by atoms with Crippen LogP contribution >= 0.6 is 0 Å². The first-order valence-electron chi connectivity index (χ1n) is 10.4. The number of aromatic nitrogens is 2. The van der Waals surface area contributed by atoms with Gasteiger partial charge in [0, 0.05) is 11.8 Å². The van der Waals surface area contributed by atoms with Gasteiger partial charge in [-0.1, -0.05) is 115 Å². The molecular weight excluding hydrogens is 392 g/mol. The van der Waals surface area contributed by atoms with Gasteiger partial charge in [0.1, 0.15) is 6.33 Å². The molecule has 0 saturated carbocycles. The second-order valence-corrected chi connectivity index (χ2v) is 11.3. The van der Waals surface area contributed by atoms with E-state index in [4.69, 9.17) is 0 Å². The van der Waals surface area contributed by atoms with Crippen molar-refractivity contribution in [1.29, 1.82) is 0 Å². The van der Waals surface area contributed by atoms with Crippen LogP contribution in [-0.4, -0.2) is 18.0 Å². The average Bonchev–Trinajstić information content (AvgIpc) is 2.88. The molecule has 0 amide bonds. The van der Waals surface area contributed by atoms with Crippen LogP contribution in [0.2, 0.25) is 0 Å². The first-order chi connectivity index (χ1) is 15.4. The molecule has 5 rings (SSSR count). The molecular formula is C28H22N2Si. The van der Waals surface area contributed by atoms with Crippen molar-refractivity contribution >= 4 is 28.8 Å². The van der Waals surface area contributed by atoms with Crippen molar-refractivity contribution in [3.05, 3.63) is 134 Å². The van der Waals surface area contributed by atoms with E-state index in [9.17, 15) is 0 Å². The van der Waals surface area contributed by atoms with Crippen LogP contribution in [0.25, 0.3) is 11.3 Å². The first kappa shape index (κ1) is 19.2. The van der Waals surface area contributed by atoms with Crippen molar-refractivity contribution in [3.63, 3.8) is 0 Å². The van der Waals surface area contributed by atoms with Crippen LogP contribution in [0.15, 0.2) is 134 Å². The third-order valence-corrected chi connectivity index (χ3v) is 10.6. The lowest BCUT2D eigenvalue weighted by Gasteiger charge is -2.34. The number of nitrogens with zero attached hydrogens (tertiary/aromatic N) is 2. The number of benzene rings is 4. The molecule has 0 aliphatic carbocycles. The zero-order chi connectivity index (χ0) is 20.9. The maximum atomic E-state index is 4.42. The molecule has 0 unspecified atom stereocenters. The van der Waals surface area contributed by atoms with Gasteiger partial charge in [-0.15, -0.1) is 0 Å². The minimum Gasteiger partial charge on any atom is -0.245 e. The molecule has 0 N–H and O–H groups in total. The monoisotopic (exact) mass is 414 g/mol. The molecule has 0 atom stereocenters. The second-order valence-electron chi connectivity index (χ2n) is 7.52. The van der Waals surface area contributed by atoms with Gasteiger partial charge in [-0.25, -0.2) is 9.97 Å². The Kier molecular flexibility index (Phi) is 5.25. The normalized spacial score (nSPS) is 11.2. The zero-order valence-corrected chi connectivity index (χ0v) is 18.1. The fraction of sp³-hybridized carbons (Fsp3) is 0. The lowest BCUT2D eigenvalue weighted by atomic mass is 10.1. The largest absolute Gasteiger partial charge is 0.245 e. The quantitative estimate of drug-likeness (QED) is 0.325. The summed E-state index contributed by atoms with van der Waals surface area (Å²) in [5.74, 6) is 0. The van der Waals surface area contributed by atoms with Gasteiger partial charge in [0.05, 0.1) is 5.69 Å². The fourth-order valence-corrected chi connectivity index (χ4v) is 9.16. The molecule has 0 radical (unpaired) electrons. The van der Waals surface area contributed by atoms with Crippen molar-refractivity contribution in [2.75, 3.05) is 0 Å². The van der Waals surface area contributed by atoms with E-state index in [0.717, 1.165) is 11.3 Å². The molecule has 0 spiro atoms. The minimum absolute atomic E-state index is 0.938. The summed E-state index contributed by atoms with van der Waals surface area (Å²) in [4.78, 5) is 8.46. The summed E-state index contributed by atoms with van der Waals surface area (Å²) in [6.07, 6.45) is 3.38. The smallest absolute Gasteiger partial charge is 0.179 e. The molecule has 0 aliphatic heterocycles. The molecule has 0 saturated heterocycles. The Morgan fingerprint density at radius 1 is 0.452 bits per heavy atom. The van der Waals surface area contributed by atoms with Gasteiger partial charge in [0.25, 0.3) is 0 Å². The van der Waals surface area contributed by atoms with Gasteiger partial charge in [0.2, 0.25) is 0 Å². The topological polar surface area (TPSA) is 25.8 Å². The lowest BCUT2D eigenvalue weighted by molar-refractivity contribution is 1.17. The van der Waals surface area contributed by atoms with Crippen LogP contribution in [-0.2, 0) is 0 Å². The van der Waals surface area contributed by atoms with Gasteiger partial charge in [-0.3, -0.25) is 0 Å². The van der Waals surface area contributed by atoms with Crippen LogP contribution in [0.1, 0.15) is 0 Å². The Bertz CT molecular complexity index is 1140. The Hall–Kier alpha value is -3.82. The summed E-state index contributed by atoms with van der Waals surface area (Å²) in [6.45, 7) is 0. The molecule has 5 aromatic rings. The van der Waals surface area contributed by atoms with Gasteiger partial charge in [0.15, 0.2) is 8.07 Å². The van der Waals surface area contributed by atoms with E-state index in [-0.39, 0.29) is 0 Å². The third kappa shape index (κ3) is 3.49. The lowest BCUT2D eigenvalue weighted by Crippen LogP contribution is -2.74. The van der Waals surface area contributed by atoms with E-state index in [1.54, 1.807) is 12.5 Å². The summed E-state index contributed by atoms with van der Waals surface area (Å²) >= 11 is 0. The van der Waals surface area contributed by atoms with E-state index in [1.807, 2.05) is 6.07 Å². The molecule has 31 heavy (non-hydrogen) atoms. The van der Waals surface area contributed by atoms with Crippen LogP contribution in [0.3, 0.4) is 0 Å². The number of hydrogen-bond acceptors (Lipinski definition) is 2. The molecule has 1 heterocycles. The maximum Gasteiger partial charge on any atom is 0.179 e. The first-order valence-corrected chi connectivity index (χ1v) is 12.4. The van der Waals surface area contributed by atoms with E-state index in [1.165, 1.54) is 20.7 Å². The minimum atomic E-state index is -2.46. The Morgan fingerprint density at radius 3 is 1.32 bits per heavy atom. The van der Waals surface area contributed by atoms with Gasteiger partial charge >= 0.3 is 0 Å². The number of rotatable bonds is 5. The van der Waals surface area contributed by atoms with Gasteiger partial charge in [-0.05, 0) is 26.8 Å². The highest BCUT2D eigenvalue weighted by molar-refractivity contribution is 7.19. The standard InChI is InChI=1S/C28H22N2Si/c1-4-10-24(11-5-1)31(25-12-6-2-7-13-25,26-14-8-3-9-15-26)27-18-16-23(17-19-27)28-20-21-29-22-30-28/h1-22H. The van der Waals surface area contributed by atoms with E-state index in [2.05, 4.69) is 125 Å². The molecule has 148 valence electrons. The van der Waals surface area contributed by atoms with Crippen molar-refractivity contribution in [2.45, 2.75) is 0 Å². The molecule has 0 bridgehead atoms. The summed E-state index contributed by atoms with van der Waals surface area (Å²) in [6, 6.07) is 43.8. The van der Waals surface area contributed by atoms with Crippen LogP contribution in [0.5, 0.6) is 0 Å². The van der Waals surface area contributed by atoms with Crippen molar-refractivity contribution in [3.8, 4) is 11.3 Å². The summed E-state index contributed by atoms with van der Waals surface area (Å²) in [7, 11) is -2.46. The summed E-state index contributed by atoms with van der Waals surface area (Å²) < 4.78 is 0. The van der Waals surface area contributed by atoms with Crippen molar-refractivity contribution < 1.29 is 0 Å². The molecule has 0 aliphatic rings. The molecule has 4 aromatic carbocycles. The van der Waals surface area contributed by atoms with E-state index >= 15 is 0 Å². The predicted octanol–water partition coefficient (Wildman–Crippen LogP) is 3.52. The third-order valence-electron chi connectivity index (χ3n) is 5.82. The summed E-state index contributed by atoms with van der Waals surface area (Å²) in [5, 5.41) is 5.49. The maximum absolute atomic E-state index is 4.42. The van der Waals surface area contributed by atoms with Crippen LogP contribution in [0, 0.1) is 0 Å². The van der Waals surface area contributed by atoms with Crippen LogP contribution in [0.4, 0.5) is 0 Å². The van der Waals surface area contributed by atoms with Crippen molar-refractivity contribution in [2.24, 2.45) is 0 Å². The van der Waals surface area contributed by atoms with Crippen molar-refractivity contribution in [1.82, 2.24) is 9.97 Å². The molecule has 2 nitrogen and oxygen atoms in total. The Labute approximate surface area is 183 Å². The highest BCUT2D eigenvalue weighted by Gasteiger charge is 2.41. The van der Waals surface area contributed by atoms with Gasteiger partial charge < -0.3 is 0 Å². The predicted molar refractivity (Wildman–Crippen MR) is 131 cm³/mol. The van der Waals surface area contributed by atoms with Gasteiger partial charge in [-0.2, -0.15) is 0 Å². The second kappa shape index (κ2) is 8.50. The SMILES string of the molecule is c1ccc([Si](c2ccccc2)(c2ccccc2)c2ccc(-c3ccncn3)cc2)cc1. The average molecular weight is 415 g/mol. The summed E-state index contributed by atoms with van der Waals surface area (Å²) in [5.41, 5.74) is 2.04. The molecule has 3 heteroatoms. The fourth-order valence-electron chi connectivity index (χ4n) is 4.42. The van der Waals surface area contributed by atoms with E-state index in [0.29, 0.717) is 0 Å².